The lowest BCUT2D eigenvalue weighted by atomic mass is 9.95. The molecule has 0 spiro atoms. The minimum atomic E-state index is -0.875. The summed E-state index contributed by atoms with van der Waals surface area (Å²) < 4.78 is 25.0. The van der Waals surface area contributed by atoms with Crippen molar-refractivity contribution < 1.29 is 28.6 Å². The van der Waals surface area contributed by atoms with Crippen LogP contribution in [0.15, 0.2) is 50.5 Å². The zero-order valence-electron chi connectivity index (χ0n) is 18.9. The van der Waals surface area contributed by atoms with Crippen LogP contribution in [0.25, 0.3) is 0 Å². The monoisotopic (exact) mass is 566 g/mol. The Morgan fingerprint density at radius 2 is 2.26 bits per heavy atom. The first-order chi connectivity index (χ1) is 16.9. The molecule has 2 aromatic rings. The number of carbonyl (C=O) groups is 2. The van der Waals surface area contributed by atoms with Crippen LogP contribution in [0.4, 0.5) is 4.39 Å². The van der Waals surface area contributed by atoms with Crippen LogP contribution in [0.3, 0.4) is 0 Å². The number of nitrogens with one attached hydrogen (secondary N) is 1. The molecule has 9 nitrogen and oxygen atoms in total. The van der Waals surface area contributed by atoms with Gasteiger partial charge in [-0.1, -0.05) is 22.0 Å². The summed E-state index contributed by atoms with van der Waals surface area (Å²) in [6.45, 7) is 1.77. The first-order valence-corrected chi connectivity index (χ1v) is 12.6. The fourth-order valence-electron chi connectivity index (χ4n) is 4.12. The van der Waals surface area contributed by atoms with Crippen LogP contribution in [0.2, 0.25) is 0 Å². The number of halogens is 2. The Hall–Kier alpha value is -2.67. The van der Waals surface area contributed by atoms with Gasteiger partial charge in [0.05, 0.1) is 25.9 Å². The number of carboxylic acids is 1. The van der Waals surface area contributed by atoms with Crippen molar-refractivity contribution in [2.45, 2.75) is 24.9 Å². The Morgan fingerprint density at radius 3 is 2.94 bits per heavy atom. The number of amidine groups is 1. The van der Waals surface area contributed by atoms with Gasteiger partial charge in [0.1, 0.15) is 11.9 Å². The maximum absolute atomic E-state index is 13.8. The van der Waals surface area contributed by atoms with Crippen LogP contribution < -0.4 is 5.32 Å². The van der Waals surface area contributed by atoms with Crippen molar-refractivity contribution in [1.82, 2.24) is 15.2 Å². The number of ether oxygens (including phenoxy) is 2. The quantitative estimate of drug-likeness (QED) is 0.468. The van der Waals surface area contributed by atoms with E-state index >= 15 is 0 Å². The maximum atomic E-state index is 13.8. The molecule has 0 aliphatic carbocycles. The molecule has 12 heteroatoms. The van der Waals surface area contributed by atoms with Crippen LogP contribution in [0, 0.1) is 5.82 Å². The van der Waals surface area contributed by atoms with Gasteiger partial charge >= 0.3 is 11.9 Å². The van der Waals surface area contributed by atoms with Gasteiger partial charge in [-0.05, 0) is 24.1 Å². The highest BCUT2D eigenvalue weighted by atomic mass is 79.9. The van der Waals surface area contributed by atoms with Crippen molar-refractivity contribution in [3.63, 3.8) is 0 Å². The first-order valence-electron chi connectivity index (χ1n) is 10.9. The van der Waals surface area contributed by atoms with Gasteiger partial charge in [-0.3, -0.25) is 14.7 Å². The zero-order chi connectivity index (χ0) is 24.9. The molecule has 1 aromatic heterocycles. The van der Waals surface area contributed by atoms with Gasteiger partial charge in [0.15, 0.2) is 10.8 Å². The highest BCUT2D eigenvalue weighted by Crippen LogP contribution is 2.37. The average Bonchev–Trinajstić information content (AvgIpc) is 3.38. The Morgan fingerprint density at radius 1 is 1.43 bits per heavy atom. The van der Waals surface area contributed by atoms with E-state index in [9.17, 15) is 14.0 Å². The number of aliphatic carboxylic acids is 1. The molecular weight excluding hydrogens is 543 g/mol. The van der Waals surface area contributed by atoms with E-state index in [2.05, 4.69) is 31.1 Å². The maximum Gasteiger partial charge on any atom is 0.338 e. The molecule has 0 saturated carbocycles. The molecule has 1 fully saturated rings. The molecule has 0 amide bonds. The molecule has 2 N–H and O–H groups in total. The third-order valence-electron chi connectivity index (χ3n) is 5.83. The zero-order valence-corrected chi connectivity index (χ0v) is 21.3. The second kappa shape index (κ2) is 11.4. The van der Waals surface area contributed by atoms with Crippen LogP contribution in [-0.4, -0.2) is 72.2 Å². The third-order valence-corrected chi connectivity index (χ3v) is 7.29. The van der Waals surface area contributed by atoms with Gasteiger partial charge in [-0.15, -0.1) is 11.3 Å². The molecule has 186 valence electrons. The van der Waals surface area contributed by atoms with Crippen molar-refractivity contribution in [2.24, 2.45) is 4.99 Å². The molecule has 4 rings (SSSR count). The standard InChI is InChI=1S/C23H24BrFN4O5S/c1-33-23(32)19-17(11-29-7-8-34-12-14(29)3-5-18(30)31)27-21(22-26-6-9-35-22)28-20(19)15-4-2-13(25)10-16(15)24/h2,4,6,9-10,14,20H,3,5,7-8,11-12H2,1H3,(H,27,28)(H,30,31)/t14-,20+/m1/s1. The van der Waals surface area contributed by atoms with E-state index in [1.165, 1.54) is 30.6 Å². The molecule has 3 heterocycles. The Labute approximate surface area is 213 Å². The number of carboxylic acid groups (broad SMARTS) is 1. The Balaban J connectivity index is 1.76. The van der Waals surface area contributed by atoms with Gasteiger partial charge < -0.3 is 19.9 Å². The van der Waals surface area contributed by atoms with Crippen molar-refractivity contribution >= 4 is 45.0 Å². The largest absolute Gasteiger partial charge is 0.481 e. The van der Waals surface area contributed by atoms with E-state index in [1.54, 1.807) is 12.3 Å². The number of thiazole rings is 1. The molecule has 2 aliphatic rings. The molecular formula is C23H24BrFN4O5S. The van der Waals surface area contributed by atoms with Gasteiger partial charge in [-0.2, -0.15) is 0 Å². The van der Waals surface area contributed by atoms with Crippen molar-refractivity contribution in [2.75, 3.05) is 33.4 Å². The van der Waals surface area contributed by atoms with E-state index in [0.717, 1.165) is 0 Å². The van der Waals surface area contributed by atoms with Crippen LogP contribution >= 0.6 is 27.3 Å². The number of hydrogen-bond donors (Lipinski definition) is 2. The third kappa shape index (κ3) is 5.95. The number of rotatable bonds is 8. The van der Waals surface area contributed by atoms with Gasteiger partial charge in [0, 0.05) is 47.3 Å². The highest BCUT2D eigenvalue weighted by molar-refractivity contribution is 9.10. The van der Waals surface area contributed by atoms with E-state index in [0.29, 0.717) is 64.9 Å². The number of methoxy groups -OCH3 is 1. The number of aliphatic imine (C=N–C) groups is 1. The van der Waals surface area contributed by atoms with Crippen molar-refractivity contribution in [1.29, 1.82) is 0 Å². The smallest absolute Gasteiger partial charge is 0.338 e. The normalized spacial score (nSPS) is 20.8. The second-order valence-corrected chi connectivity index (χ2v) is 9.77. The van der Waals surface area contributed by atoms with E-state index in [-0.39, 0.29) is 12.5 Å². The minimum absolute atomic E-state index is 0.0117. The first kappa shape index (κ1) is 25.4. The minimum Gasteiger partial charge on any atom is -0.481 e. The van der Waals surface area contributed by atoms with E-state index < -0.39 is 23.8 Å². The SMILES string of the molecule is COC(=O)C1=C(CN2CCOC[C@H]2CCC(=O)O)NC(c2nccs2)=N[C@H]1c1ccc(F)cc1Br. The summed E-state index contributed by atoms with van der Waals surface area (Å²) in [5, 5.41) is 14.9. The fraction of sp³-hybridized carbons (Fsp3) is 0.391. The fourth-order valence-corrected chi connectivity index (χ4v) is 5.28. The number of aromatic nitrogens is 1. The van der Waals surface area contributed by atoms with E-state index in [4.69, 9.17) is 19.6 Å². The predicted molar refractivity (Wildman–Crippen MR) is 131 cm³/mol. The number of benzene rings is 1. The molecule has 0 unspecified atom stereocenters. The number of nitrogens with zero attached hydrogens (tertiary/aromatic N) is 3. The summed E-state index contributed by atoms with van der Waals surface area (Å²) in [5.41, 5.74) is 1.47. The molecule has 2 atom stereocenters. The molecule has 0 bridgehead atoms. The summed E-state index contributed by atoms with van der Waals surface area (Å²) in [6, 6.07) is 3.33. The second-order valence-electron chi connectivity index (χ2n) is 8.02. The summed E-state index contributed by atoms with van der Waals surface area (Å²) in [7, 11) is 1.30. The molecule has 2 aliphatic heterocycles. The summed E-state index contributed by atoms with van der Waals surface area (Å²) in [6.07, 6.45) is 2.09. The Kier molecular flexibility index (Phi) is 8.26. The number of carbonyl (C=O) groups excluding carboxylic acids is 1. The van der Waals surface area contributed by atoms with Crippen LogP contribution in [0.5, 0.6) is 0 Å². The van der Waals surface area contributed by atoms with E-state index in [1.807, 2.05) is 5.38 Å². The molecule has 0 radical (unpaired) electrons. The topological polar surface area (TPSA) is 113 Å². The molecule has 1 aromatic carbocycles. The van der Waals surface area contributed by atoms with Crippen LogP contribution in [-0.2, 0) is 19.1 Å². The lowest BCUT2D eigenvalue weighted by molar-refractivity contribution is -0.138. The summed E-state index contributed by atoms with van der Waals surface area (Å²) in [5.74, 6) is -1.37. The van der Waals surface area contributed by atoms with Crippen molar-refractivity contribution in [3.8, 4) is 0 Å². The lowest BCUT2D eigenvalue weighted by Gasteiger charge is -2.37. The summed E-state index contributed by atoms with van der Waals surface area (Å²) in [4.78, 5) is 35.4. The number of hydrogen-bond acceptors (Lipinski definition) is 9. The summed E-state index contributed by atoms with van der Waals surface area (Å²) >= 11 is 4.81. The lowest BCUT2D eigenvalue weighted by Crippen LogP contribution is -2.49. The van der Waals surface area contributed by atoms with Gasteiger partial charge in [-0.25, -0.2) is 14.2 Å². The molecule has 35 heavy (non-hydrogen) atoms. The number of esters is 1. The van der Waals surface area contributed by atoms with Crippen LogP contribution in [0.1, 0.15) is 29.5 Å². The Bertz CT molecular complexity index is 1160. The highest BCUT2D eigenvalue weighted by Gasteiger charge is 2.35. The molecule has 1 saturated heterocycles. The average molecular weight is 567 g/mol. The van der Waals surface area contributed by atoms with Crippen molar-refractivity contribution in [3.05, 3.63) is 61.9 Å². The predicted octanol–water partition coefficient (Wildman–Crippen LogP) is 3.13. The van der Waals surface area contributed by atoms with Gasteiger partial charge in [0.25, 0.3) is 0 Å². The van der Waals surface area contributed by atoms with Gasteiger partial charge in [0.2, 0.25) is 0 Å². The number of morpholine rings is 1.